The van der Waals surface area contributed by atoms with Crippen LogP contribution >= 0.6 is 0 Å². The van der Waals surface area contributed by atoms with Crippen LogP contribution in [0, 0.1) is 20.8 Å². The summed E-state index contributed by atoms with van der Waals surface area (Å²) in [6, 6.07) is 4.22. The summed E-state index contributed by atoms with van der Waals surface area (Å²) in [7, 11) is 0. The molecular formula is C16H25N3O. The Kier molecular flexibility index (Phi) is 4.04. The van der Waals surface area contributed by atoms with E-state index in [0.29, 0.717) is 0 Å². The number of hydrogen-bond acceptors (Lipinski definition) is 3. The minimum absolute atomic E-state index is 0.0938. The molecule has 0 fully saturated rings. The molecule has 0 saturated heterocycles. The largest absolute Gasteiger partial charge is 0.465 e. The summed E-state index contributed by atoms with van der Waals surface area (Å²) in [6.45, 7) is 14.1. The van der Waals surface area contributed by atoms with Crippen LogP contribution in [-0.2, 0) is 13.1 Å². The maximum atomic E-state index is 5.83. The van der Waals surface area contributed by atoms with Crippen molar-refractivity contribution in [2.24, 2.45) is 0 Å². The average molecular weight is 275 g/mol. The lowest BCUT2D eigenvalue weighted by molar-refractivity contribution is 0.382. The molecule has 2 rings (SSSR count). The lowest BCUT2D eigenvalue weighted by atomic mass is 10.1. The van der Waals surface area contributed by atoms with Crippen LogP contribution in [0.4, 0.5) is 0 Å². The van der Waals surface area contributed by atoms with Crippen LogP contribution in [0.25, 0.3) is 0 Å². The molecule has 2 aromatic rings. The number of aryl methyl sites for hydroxylation is 3. The molecule has 0 bridgehead atoms. The predicted molar refractivity (Wildman–Crippen MR) is 80.8 cm³/mol. The first-order valence-corrected chi connectivity index (χ1v) is 7.09. The Labute approximate surface area is 121 Å². The summed E-state index contributed by atoms with van der Waals surface area (Å²) < 4.78 is 7.85. The highest BCUT2D eigenvalue weighted by Crippen LogP contribution is 2.17. The predicted octanol–water partition coefficient (Wildman–Crippen LogP) is 3.34. The van der Waals surface area contributed by atoms with Crippen molar-refractivity contribution < 1.29 is 4.42 Å². The van der Waals surface area contributed by atoms with Gasteiger partial charge >= 0.3 is 0 Å². The van der Waals surface area contributed by atoms with Crippen molar-refractivity contribution in [1.82, 2.24) is 15.1 Å². The molecule has 0 aliphatic rings. The molecule has 0 aliphatic carbocycles. The van der Waals surface area contributed by atoms with Crippen molar-refractivity contribution in [3.8, 4) is 0 Å². The monoisotopic (exact) mass is 275 g/mol. The second-order valence-corrected chi connectivity index (χ2v) is 6.48. The first kappa shape index (κ1) is 14.9. The zero-order valence-corrected chi connectivity index (χ0v) is 13.4. The van der Waals surface area contributed by atoms with E-state index in [4.69, 9.17) is 4.42 Å². The average Bonchev–Trinajstić information content (AvgIpc) is 2.80. The van der Waals surface area contributed by atoms with Gasteiger partial charge in [-0.05, 0) is 53.7 Å². The number of nitrogens with zero attached hydrogens (tertiary/aromatic N) is 2. The minimum Gasteiger partial charge on any atom is -0.465 e. The molecule has 2 aromatic heterocycles. The van der Waals surface area contributed by atoms with Crippen molar-refractivity contribution >= 4 is 0 Å². The standard InChI is InChI=1S/C16H25N3O/c1-11-7-12(2)19(18-11)10-14-8-15(20-13(14)3)9-17-16(4,5)6/h7-8,17H,9-10H2,1-6H3. The fourth-order valence-corrected chi connectivity index (χ4v) is 2.18. The lowest BCUT2D eigenvalue weighted by Gasteiger charge is -2.19. The van der Waals surface area contributed by atoms with Crippen LogP contribution in [0.2, 0.25) is 0 Å². The number of hydrogen-bond donors (Lipinski definition) is 1. The lowest BCUT2D eigenvalue weighted by Crippen LogP contribution is -2.34. The Hall–Kier alpha value is -1.55. The van der Waals surface area contributed by atoms with Gasteiger partial charge in [-0.15, -0.1) is 0 Å². The topological polar surface area (TPSA) is 43.0 Å². The van der Waals surface area contributed by atoms with Gasteiger partial charge in [0, 0.05) is 16.8 Å². The molecule has 2 heterocycles. The molecule has 0 unspecified atom stereocenters. The fourth-order valence-electron chi connectivity index (χ4n) is 2.18. The van der Waals surface area contributed by atoms with Crippen molar-refractivity contribution in [3.63, 3.8) is 0 Å². The number of rotatable bonds is 4. The SMILES string of the molecule is Cc1cc(C)n(Cc2cc(CNC(C)(C)C)oc2C)n1. The van der Waals surface area contributed by atoms with Crippen LogP contribution in [0.1, 0.15) is 49.2 Å². The van der Waals surface area contributed by atoms with Gasteiger partial charge in [-0.25, -0.2) is 0 Å². The van der Waals surface area contributed by atoms with Crippen molar-refractivity contribution in [2.75, 3.05) is 0 Å². The molecule has 0 atom stereocenters. The molecule has 0 saturated carbocycles. The Morgan fingerprint density at radius 3 is 2.45 bits per heavy atom. The van der Waals surface area contributed by atoms with E-state index in [1.54, 1.807) is 0 Å². The van der Waals surface area contributed by atoms with Crippen LogP contribution in [-0.4, -0.2) is 15.3 Å². The molecule has 4 heteroatoms. The summed E-state index contributed by atoms with van der Waals surface area (Å²) in [5.74, 6) is 1.96. The zero-order valence-electron chi connectivity index (χ0n) is 13.4. The number of nitrogens with one attached hydrogen (secondary N) is 1. The zero-order chi connectivity index (χ0) is 14.9. The van der Waals surface area contributed by atoms with Crippen LogP contribution in [0.15, 0.2) is 16.5 Å². The number of furan rings is 1. The van der Waals surface area contributed by atoms with Gasteiger partial charge in [0.15, 0.2) is 0 Å². The summed E-state index contributed by atoms with van der Waals surface area (Å²) in [5, 5.41) is 7.94. The highest BCUT2D eigenvalue weighted by atomic mass is 16.3. The molecule has 4 nitrogen and oxygen atoms in total. The third-order valence-electron chi connectivity index (χ3n) is 3.29. The molecule has 0 radical (unpaired) electrons. The third kappa shape index (κ3) is 3.73. The maximum Gasteiger partial charge on any atom is 0.118 e. The van der Waals surface area contributed by atoms with Crippen molar-refractivity contribution in [2.45, 2.75) is 60.2 Å². The first-order valence-electron chi connectivity index (χ1n) is 7.09. The van der Waals surface area contributed by atoms with E-state index in [1.165, 1.54) is 11.3 Å². The van der Waals surface area contributed by atoms with E-state index in [9.17, 15) is 0 Å². The van der Waals surface area contributed by atoms with Gasteiger partial charge in [0.2, 0.25) is 0 Å². The van der Waals surface area contributed by atoms with Crippen LogP contribution in [0.5, 0.6) is 0 Å². The van der Waals surface area contributed by atoms with E-state index in [2.05, 4.69) is 50.2 Å². The van der Waals surface area contributed by atoms with Gasteiger partial charge in [-0.2, -0.15) is 5.10 Å². The molecule has 0 aliphatic heterocycles. The molecular weight excluding hydrogens is 250 g/mol. The smallest absolute Gasteiger partial charge is 0.118 e. The van der Waals surface area contributed by atoms with Crippen LogP contribution in [0.3, 0.4) is 0 Å². The van der Waals surface area contributed by atoms with E-state index < -0.39 is 0 Å². The van der Waals surface area contributed by atoms with Gasteiger partial charge in [0.25, 0.3) is 0 Å². The van der Waals surface area contributed by atoms with Gasteiger partial charge in [-0.3, -0.25) is 4.68 Å². The van der Waals surface area contributed by atoms with E-state index >= 15 is 0 Å². The molecule has 110 valence electrons. The van der Waals surface area contributed by atoms with Gasteiger partial charge < -0.3 is 9.73 Å². The van der Waals surface area contributed by atoms with Gasteiger partial charge in [0.05, 0.1) is 18.8 Å². The first-order chi connectivity index (χ1) is 9.24. The van der Waals surface area contributed by atoms with Crippen LogP contribution < -0.4 is 5.32 Å². The summed E-state index contributed by atoms with van der Waals surface area (Å²) in [6.07, 6.45) is 0. The highest BCUT2D eigenvalue weighted by molar-refractivity contribution is 5.22. The Bertz CT molecular complexity index is 587. The summed E-state index contributed by atoms with van der Waals surface area (Å²) >= 11 is 0. The second kappa shape index (κ2) is 5.44. The molecule has 0 aromatic carbocycles. The molecule has 0 amide bonds. The Balaban J connectivity index is 2.10. The van der Waals surface area contributed by atoms with Gasteiger partial charge in [-0.1, -0.05) is 0 Å². The summed E-state index contributed by atoms with van der Waals surface area (Å²) in [5.41, 5.74) is 3.52. The van der Waals surface area contributed by atoms with Crippen molar-refractivity contribution in [1.29, 1.82) is 0 Å². The summed E-state index contributed by atoms with van der Waals surface area (Å²) in [4.78, 5) is 0. The van der Waals surface area contributed by atoms with Crippen molar-refractivity contribution in [3.05, 3.63) is 40.6 Å². The molecule has 1 N–H and O–H groups in total. The van der Waals surface area contributed by atoms with E-state index in [-0.39, 0.29) is 5.54 Å². The van der Waals surface area contributed by atoms with E-state index in [0.717, 1.165) is 30.3 Å². The number of aromatic nitrogens is 2. The maximum absolute atomic E-state index is 5.83. The molecule has 0 spiro atoms. The van der Waals surface area contributed by atoms with Gasteiger partial charge in [0.1, 0.15) is 11.5 Å². The highest BCUT2D eigenvalue weighted by Gasteiger charge is 2.13. The quantitative estimate of drug-likeness (QED) is 0.930. The normalized spacial score (nSPS) is 12.1. The molecule has 20 heavy (non-hydrogen) atoms. The minimum atomic E-state index is 0.0938. The Morgan fingerprint density at radius 2 is 1.90 bits per heavy atom. The van der Waals surface area contributed by atoms with E-state index in [1.807, 2.05) is 18.5 Å². The third-order valence-corrected chi connectivity index (χ3v) is 3.29. The second-order valence-electron chi connectivity index (χ2n) is 6.48. The Morgan fingerprint density at radius 1 is 1.20 bits per heavy atom. The fraction of sp³-hybridized carbons (Fsp3) is 0.562.